The van der Waals surface area contributed by atoms with Crippen molar-refractivity contribution in [2.75, 3.05) is 0 Å². The van der Waals surface area contributed by atoms with Crippen molar-refractivity contribution in [1.29, 1.82) is 0 Å². The van der Waals surface area contributed by atoms with E-state index in [1.807, 2.05) is 6.92 Å². The Balaban J connectivity index is 1.78. The van der Waals surface area contributed by atoms with E-state index >= 15 is 0 Å². The summed E-state index contributed by atoms with van der Waals surface area (Å²) in [5, 5.41) is 42.6. The van der Waals surface area contributed by atoms with Gasteiger partial charge in [0.05, 0.1) is 17.8 Å². The average Bonchev–Trinajstić information content (AvgIpc) is 2.89. The van der Waals surface area contributed by atoms with Crippen molar-refractivity contribution in [2.24, 2.45) is 28.6 Å². The molecule has 3 saturated carbocycles. The van der Waals surface area contributed by atoms with E-state index < -0.39 is 52.3 Å². The lowest BCUT2D eigenvalue weighted by atomic mass is 9.45. The summed E-state index contributed by atoms with van der Waals surface area (Å²) in [4.78, 5) is 13.0. The second-order valence-electron chi connectivity index (χ2n) is 10.7. The van der Waals surface area contributed by atoms with Gasteiger partial charge >= 0.3 is 6.18 Å². The van der Waals surface area contributed by atoms with Crippen molar-refractivity contribution in [3.63, 3.8) is 0 Å². The number of carbonyl (C=O) groups excluding carboxylic acids is 1. The first-order valence-electron chi connectivity index (χ1n) is 10.7. The van der Waals surface area contributed by atoms with Crippen LogP contribution < -0.4 is 0 Å². The zero-order chi connectivity index (χ0) is 22.5. The molecule has 30 heavy (non-hydrogen) atoms. The van der Waals surface area contributed by atoms with Crippen molar-refractivity contribution in [3.05, 3.63) is 11.6 Å². The number of carbonyl (C=O) groups is 1. The first-order valence-corrected chi connectivity index (χ1v) is 10.7. The molecule has 8 heteroatoms. The summed E-state index contributed by atoms with van der Waals surface area (Å²) in [6.07, 6.45) is -4.30. The zero-order valence-electron chi connectivity index (χ0n) is 17.5. The summed E-state index contributed by atoms with van der Waals surface area (Å²) in [7, 11) is 0. The fourth-order valence-corrected chi connectivity index (χ4v) is 7.47. The molecule has 0 aromatic rings. The van der Waals surface area contributed by atoms with Gasteiger partial charge in [0, 0.05) is 17.3 Å². The predicted octanol–water partition coefficient (Wildman–Crippen LogP) is 2.50. The molecule has 4 aliphatic carbocycles. The Morgan fingerprint density at radius 2 is 1.70 bits per heavy atom. The van der Waals surface area contributed by atoms with E-state index in [1.165, 1.54) is 6.08 Å². The minimum absolute atomic E-state index is 0.000752. The van der Waals surface area contributed by atoms with Crippen LogP contribution in [0.1, 0.15) is 59.3 Å². The van der Waals surface area contributed by atoms with E-state index in [1.54, 1.807) is 6.92 Å². The summed E-state index contributed by atoms with van der Waals surface area (Å²) in [6, 6.07) is 0. The van der Waals surface area contributed by atoms with Crippen LogP contribution in [0, 0.1) is 28.6 Å². The minimum atomic E-state index is -4.83. The van der Waals surface area contributed by atoms with Crippen LogP contribution in [-0.4, -0.2) is 55.8 Å². The van der Waals surface area contributed by atoms with Gasteiger partial charge in [0.1, 0.15) is 0 Å². The van der Waals surface area contributed by atoms with Crippen molar-refractivity contribution in [2.45, 2.75) is 88.9 Å². The van der Waals surface area contributed by atoms with Gasteiger partial charge in [0.25, 0.3) is 0 Å². The topological polar surface area (TPSA) is 98.0 Å². The van der Waals surface area contributed by atoms with Gasteiger partial charge in [0.2, 0.25) is 0 Å². The third-order valence-electron chi connectivity index (χ3n) is 9.37. The van der Waals surface area contributed by atoms with Gasteiger partial charge in [-0.1, -0.05) is 13.8 Å². The first-order chi connectivity index (χ1) is 13.6. The lowest BCUT2D eigenvalue weighted by Gasteiger charge is -2.60. The van der Waals surface area contributed by atoms with Crippen LogP contribution >= 0.6 is 0 Å². The molecular weight excluding hydrogens is 401 g/mol. The fourth-order valence-electron chi connectivity index (χ4n) is 7.47. The van der Waals surface area contributed by atoms with Crippen LogP contribution in [0.4, 0.5) is 13.2 Å². The lowest BCUT2D eigenvalue weighted by Crippen LogP contribution is -2.63. The summed E-state index contributed by atoms with van der Waals surface area (Å²) >= 11 is 0. The van der Waals surface area contributed by atoms with Gasteiger partial charge in [-0.25, -0.2) is 0 Å². The van der Waals surface area contributed by atoms with Gasteiger partial charge in [-0.2, -0.15) is 13.2 Å². The highest BCUT2D eigenvalue weighted by atomic mass is 19.4. The molecule has 3 fully saturated rings. The van der Waals surface area contributed by atoms with E-state index in [-0.39, 0.29) is 43.8 Å². The third-order valence-corrected chi connectivity index (χ3v) is 9.37. The number of halogens is 3. The van der Waals surface area contributed by atoms with Crippen LogP contribution in [0.2, 0.25) is 0 Å². The Bertz CT molecular complexity index is 792. The SMILES string of the molecule is CC(O)([C@H]1CC[C@@]2(O)C3=CC(=O)[C@@H]4C[C@@H](O)[C@@H](O)C[C@]4(C)[C@H]3CC[C@]12C)C(F)(F)F. The number of fused-ring (bicyclic) bond motifs is 5. The van der Waals surface area contributed by atoms with Crippen molar-refractivity contribution < 1.29 is 38.4 Å². The maximum absolute atomic E-state index is 13.6. The smallest absolute Gasteiger partial charge is 0.390 e. The number of hydrogen-bond acceptors (Lipinski definition) is 5. The first kappa shape index (κ1) is 22.2. The standard InChI is InChI=1S/C22H31F3O5/c1-18-10-16(28)15(27)9-13(18)14(26)8-12-11(18)4-6-19(2)17(5-7-21(12,19)30)20(3,29)22(23,24)25/h8,11,13,15-17,27-30H,4-7,9-10H2,1-3H3/t11-,13-,15+,16-,17-,18+,19+,20?,21+/m0/s1. The number of aliphatic hydroxyl groups is 4. The Morgan fingerprint density at radius 3 is 2.30 bits per heavy atom. The number of aliphatic hydroxyl groups excluding tert-OH is 2. The van der Waals surface area contributed by atoms with E-state index in [2.05, 4.69) is 0 Å². The highest BCUT2D eigenvalue weighted by Crippen LogP contribution is 2.69. The number of hydrogen-bond donors (Lipinski definition) is 4. The van der Waals surface area contributed by atoms with Gasteiger partial charge in [-0.05, 0) is 68.4 Å². The van der Waals surface area contributed by atoms with E-state index in [4.69, 9.17) is 0 Å². The summed E-state index contributed by atoms with van der Waals surface area (Å²) < 4.78 is 40.9. The molecule has 0 saturated heterocycles. The maximum atomic E-state index is 13.6. The molecule has 0 aromatic carbocycles. The average molecular weight is 432 g/mol. The molecule has 1 unspecified atom stereocenters. The highest BCUT2D eigenvalue weighted by molar-refractivity contribution is 5.95. The molecule has 9 atom stereocenters. The normalized spacial score (nSPS) is 50.8. The van der Waals surface area contributed by atoms with Crippen LogP contribution in [0.3, 0.4) is 0 Å². The zero-order valence-corrected chi connectivity index (χ0v) is 17.5. The summed E-state index contributed by atoms with van der Waals surface area (Å²) in [6.45, 7) is 4.25. The fraction of sp³-hybridized carbons (Fsp3) is 0.864. The van der Waals surface area contributed by atoms with Gasteiger partial charge in [-0.15, -0.1) is 0 Å². The Morgan fingerprint density at radius 1 is 1.07 bits per heavy atom. The Labute approximate surface area is 174 Å². The predicted molar refractivity (Wildman–Crippen MR) is 101 cm³/mol. The maximum Gasteiger partial charge on any atom is 0.417 e. The monoisotopic (exact) mass is 432 g/mol. The minimum Gasteiger partial charge on any atom is -0.390 e. The molecule has 170 valence electrons. The Hall–Kier alpha value is -0.960. The Kier molecular flexibility index (Phi) is 4.67. The molecule has 4 N–H and O–H groups in total. The second-order valence-corrected chi connectivity index (χ2v) is 10.7. The molecule has 0 spiro atoms. The number of rotatable bonds is 1. The lowest BCUT2D eigenvalue weighted by molar-refractivity contribution is -0.288. The van der Waals surface area contributed by atoms with Crippen LogP contribution in [0.25, 0.3) is 0 Å². The molecule has 0 bridgehead atoms. The van der Waals surface area contributed by atoms with Crippen LogP contribution in [0.5, 0.6) is 0 Å². The van der Waals surface area contributed by atoms with Crippen molar-refractivity contribution in [1.82, 2.24) is 0 Å². The summed E-state index contributed by atoms with van der Waals surface area (Å²) in [5.41, 5.74) is -6.04. The van der Waals surface area contributed by atoms with Gasteiger partial charge < -0.3 is 20.4 Å². The molecule has 0 aromatic heterocycles. The quantitative estimate of drug-likeness (QED) is 0.511. The highest BCUT2D eigenvalue weighted by Gasteiger charge is 2.71. The van der Waals surface area contributed by atoms with Gasteiger partial charge in [-0.3, -0.25) is 4.79 Å². The van der Waals surface area contributed by atoms with E-state index in [0.717, 1.165) is 6.92 Å². The molecule has 0 aliphatic heterocycles. The second kappa shape index (κ2) is 6.30. The molecule has 0 heterocycles. The van der Waals surface area contributed by atoms with Crippen LogP contribution in [0.15, 0.2) is 11.6 Å². The van der Waals surface area contributed by atoms with Crippen molar-refractivity contribution >= 4 is 5.78 Å². The number of allylic oxidation sites excluding steroid dienone is 1. The van der Waals surface area contributed by atoms with E-state index in [0.29, 0.717) is 12.0 Å². The van der Waals surface area contributed by atoms with Crippen LogP contribution in [-0.2, 0) is 4.79 Å². The van der Waals surface area contributed by atoms with Gasteiger partial charge in [0.15, 0.2) is 11.4 Å². The molecule has 5 nitrogen and oxygen atoms in total. The molecule has 4 aliphatic rings. The largest absolute Gasteiger partial charge is 0.417 e. The number of alkyl halides is 3. The summed E-state index contributed by atoms with van der Waals surface area (Å²) in [5.74, 6) is -2.21. The number of ketones is 1. The molecule has 4 rings (SSSR count). The third kappa shape index (κ3) is 2.60. The van der Waals surface area contributed by atoms with E-state index in [9.17, 15) is 38.4 Å². The molecule has 0 amide bonds. The van der Waals surface area contributed by atoms with Crippen molar-refractivity contribution in [3.8, 4) is 0 Å². The molecular formula is C22H31F3O5. The molecule has 0 radical (unpaired) electrons.